The predicted octanol–water partition coefficient (Wildman–Crippen LogP) is 3.64. The van der Waals surface area contributed by atoms with Gasteiger partial charge in [-0.25, -0.2) is 0 Å². The molecule has 0 aliphatic rings. The van der Waals surface area contributed by atoms with E-state index in [1.165, 1.54) is 12.5 Å². The molecule has 2 rings (SSSR count). The number of hydrogen-bond donors (Lipinski definition) is 1. The summed E-state index contributed by atoms with van der Waals surface area (Å²) in [5.74, 6) is 0.684. The lowest BCUT2D eigenvalue weighted by Gasteiger charge is -2.10. The number of benzene rings is 2. The Labute approximate surface area is 141 Å². The molecule has 5 heteroatoms. The van der Waals surface area contributed by atoms with Gasteiger partial charge in [-0.3, -0.25) is 9.59 Å². The normalized spacial score (nSPS) is 10.1. The Bertz CT molecular complexity index is 723. The summed E-state index contributed by atoms with van der Waals surface area (Å²) in [5.41, 5.74) is 2.86. The van der Waals surface area contributed by atoms with Crippen LogP contribution in [0.3, 0.4) is 0 Å². The van der Waals surface area contributed by atoms with Crippen molar-refractivity contribution in [2.75, 3.05) is 11.9 Å². The monoisotopic (exact) mass is 327 g/mol. The molecule has 0 atom stereocenters. The minimum absolute atomic E-state index is 0.150. The highest BCUT2D eigenvalue weighted by Gasteiger charge is 2.07. The van der Waals surface area contributed by atoms with E-state index in [0.717, 1.165) is 11.3 Å². The number of carbonyl (C=O) groups excluding carboxylic acids is 2. The van der Waals surface area contributed by atoms with Crippen LogP contribution < -0.4 is 14.8 Å². The highest BCUT2D eigenvalue weighted by atomic mass is 16.5. The molecule has 0 saturated carbocycles. The molecule has 24 heavy (non-hydrogen) atoms. The Kier molecular flexibility index (Phi) is 5.95. The molecule has 0 aromatic heterocycles. The van der Waals surface area contributed by atoms with Crippen LogP contribution in [0.25, 0.3) is 0 Å². The fourth-order valence-corrected chi connectivity index (χ4v) is 2.20. The van der Waals surface area contributed by atoms with Crippen LogP contribution in [0.2, 0.25) is 0 Å². The number of ether oxygens (including phenoxy) is 2. The van der Waals surface area contributed by atoms with Gasteiger partial charge in [0.05, 0.1) is 13.0 Å². The van der Waals surface area contributed by atoms with Crippen LogP contribution in [-0.4, -0.2) is 18.5 Å². The van der Waals surface area contributed by atoms with E-state index in [9.17, 15) is 9.59 Å². The van der Waals surface area contributed by atoms with Crippen molar-refractivity contribution in [2.24, 2.45) is 0 Å². The summed E-state index contributed by atoms with van der Waals surface area (Å²) in [6.45, 7) is 5.68. The Balaban J connectivity index is 1.79. The van der Waals surface area contributed by atoms with E-state index in [4.69, 9.17) is 9.47 Å². The average molecular weight is 327 g/mol. The second-order valence-electron chi connectivity index (χ2n) is 5.55. The first-order valence-corrected chi connectivity index (χ1v) is 7.72. The van der Waals surface area contributed by atoms with Gasteiger partial charge in [-0.1, -0.05) is 17.7 Å². The third kappa shape index (κ3) is 5.43. The number of hydrogen-bond acceptors (Lipinski definition) is 4. The summed E-state index contributed by atoms with van der Waals surface area (Å²) in [6, 6.07) is 12.5. The number of anilines is 1. The number of aryl methyl sites for hydroxylation is 2. The molecule has 0 bridgehead atoms. The molecular weight excluding hydrogens is 306 g/mol. The van der Waals surface area contributed by atoms with Crippen LogP contribution >= 0.6 is 0 Å². The van der Waals surface area contributed by atoms with Crippen LogP contribution in [-0.2, 0) is 9.59 Å². The Morgan fingerprint density at radius 3 is 2.38 bits per heavy atom. The first kappa shape index (κ1) is 17.5. The van der Waals surface area contributed by atoms with Gasteiger partial charge in [0.2, 0.25) is 5.91 Å². The molecule has 0 aliphatic heterocycles. The standard InChI is InChI=1S/C19H21NO4/c1-13-4-9-18(14(2)12-13)23-11-10-19(22)24-17-7-5-16(6-8-17)20-15(3)21/h4-9,12H,10-11H2,1-3H3,(H,20,21). The van der Waals surface area contributed by atoms with Gasteiger partial charge in [0, 0.05) is 12.6 Å². The van der Waals surface area contributed by atoms with Crippen LogP contribution in [0.1, 0.15) is 24.5 Å². The van der Waals surface area contributed by atoms with E-state index in [-0.39, 0.29) is 24.9 Å². The molecule has 0 radical (unpaired) electrons. The van der Waals surface area contributed by atoms with E-state index < -0.39 is 0 Å². The van der Waals surface area contributed by atoms with Crippen molar-refractivity contribution < 1.29 is 19.1 Å². The Hall–Kier alpha value is -2.82. The number of esters is 1. The maximum absolute atomic E-state index is 11.8. The molecule has 2 aromatic carbocycles. The highest BCUT2D eigenvalue weighted by Crippen LogP contribution is 2.19. The minimum Gasteiger partial charge on any atom is -0.493 e. The summed E-state index contributed by atoms with van der Waals surface area (Å²) in [4.78, 5) is 22.8. The van der Waals surface area contributed by atoms with Gasteiger partial charge in [-0.15, -0.1) is 0 Å². The van der Waals surface area contributed by atoms with Crippen molar-refractivity contribution in [3.63, 3.8) is 0 Å². The summed E-state index contributed by atoms with van der Waals surface area (Å²) >= 11 is 0. The van der Waals surface area contributed by atoms with Crippen molar-refractivity contribution in [1.82, 2.24) is 0 Å². The van der Waals surface area contributed by atoms with Crippen LogP contribution in [0.15, 0.2) is 42.5 Å². The molecule has 0 unspecified atom stereocenters. The first-order chi connectivity index (χ1) is 11.4. The molecule has 0 saturated heterocycles. The SMILES string of the molecule is CC(=O)Nc1ccc(OC(=O)CCOc2ccc(C)cc2C)cc1. The van der Waals surface area contributed by atoms with Gasteiger partial charge >= 0.3 is 5.97 Å². The predicted molar refractivity (Wildman–Crippen MR) is 92.4 cm³/mol. The second kappa shape index (κ2) is 8.15. The largest absolute Gasteiger partial charge is 0.493 e. The minimum atomic E-state index is -0.368. The van der Waals surface area contributed by atoms with Gasteiger partial charge in [0.15, 0.2) is 0 Å². The van der Waals surface area contributed by atoms with E-state index in [2.05, 4.69) is 5.32 Å². The quantitative estimate of drug-likeness (QED) is 0.650. The van der Waals surface area contributed by atoms with Gasteiger partial charge in [-0.05, 0) is 49.7 Å². The lowest BCUT2D eigenvalue weighted by Crippen LogP contribution is -2.13. The molecule has 1 amide bonds. The summed E-state index contributed by atoms with van der Waals surface area (Å²) < 4.78 is 10.8. The number of amides is 1. The van der Waals surface area contributed by atoms with Gasteiger partial charge in [0.1, 0.15) is 11.5 Å². The van der Waals surface area contributed by atoms with Gasteiger partial charge < -0.3 is 14.8 Å². The van der Waals surface area contributed by atoms with Crippen molar-refractivity contribution in [2.45, 2.75) is 27.2 Å². The van der Waals surface area contributed by atoms with Crippen LogP contribution in [0.5, 0.6) is 11.5 Å². The molecule has 0 aliphatic carbocycles. The van der Waals surface area contributed by atoms with Crippen LogP contribution in [0, 0.1) is 13.8 Å². The smallest absolute Gasteiger partial charge is 0.314 e. The van der Waals surface area contributed by atoms with E-state index in [0.29, 0.717) is 11.4 Å². The van der Waals surface area contributed by atoms with E-state index in [1.54, 1.807) is 24.3 Å². The summed E-state index contributed by atoms with van der Waals surface area (Å²) in [5, 5.41) is 2.65. The Morgan fingerprint density at radius 2 is 1.75 bits per heavy atom. The molecule has 0 heterocycles. The van der Waals surface area contributed by atoms with Crippen molar-refractivity contribution in [3.8, 4) is 11.5 Å². The van der Waals surface area contributed by atoms with Gasteiger partial charge in [-0.2, -0.15) is 0 Å². The lowest BCUT2D eigenvalue weighted by atomic mass is 10.1. The topological polar surface area (TPSA) is 64.6 Å². The molecule has 0 spiro atoms. The van der Waals surface area contributed by atoms with Gasteiger partial charge in [0.25, 0.3) is 0 Å². The van der Waals surface area contributed by atoms with Crippen molar-refractivity contribution in [1.29, 1.82) is 0 Å². The summed E-state index contributed by atoms with van der Waals surface area (Å²) in [6.07, 6.45) is 0.154. The van der Waals surface area contributed by atoms with Crippen LogP contribution in [0.4, 0.5) is 5.69 Å². The van der Waals surface area contributed by atoms with Crippen molar-refractivity contribution >= 4 is 17.6 Å². The van der Waals surface area contributed by atoms with E-state index in [1.807, 2.05) is 32.0 Å². The molecular formula is C19H21NO4. The third-order valence-electron chi connectivity index (χ3n) is 3.30. The molecule has 126 valence electrons. The number of carbonyl (C=O) groups is 2. The lowest BCUT2D eigenvalue weighted by molar-refractivity contribution is -0.134. The fourth-order valence-electron chi connectivity index (χ4n) is 2.20. The highest BCUT2D eigenvalue weighted by molar-refractivity contribution is 5.88. The average Bonchev–Trinajstić information content (AvgIpc) is 2.51. The fraction of sp³-hybridized carbons (Fsp3) is 0.263. The number of rotatable bonds is 6. The maximum atomic E-state index is 11.8. The zero-order valence-electron chi connectivity index (χ0n) is 14.1. The zero-order chi connectivity index (χ0) is 17.5. The third-order valence-corrected chi connectivity index (χ3v) is 3.30. The second-order valence-corrected chi connectivity index (χ2v) is 5.55. The molecule has 5 nitrogen and oxygen atoms in total. The Morgan fingerprint density at radius 1 is 1.04 bits per heavy atom. The van der Waals surface area contributed by atoms with E-state index >= 15 is 0 Å². The van der Waals surface area contributed by atoms with Crippen molar-refractivity contribution in [3.05, 3.63) is 53.6 Å². The maximum Gasteiger partial charge on any atom is 0.314 e. The molecule has 2 aromatic rings. The summed E-state index contributed by atoms with van der Waals surface area (Å²) in [7, 11) is 0. The molecule has 0 fully saturated rings. The zero-order valence-corrected chi connectivity index (χ0v) is 14.1. The first-order valence-electron chi connectivity index (χ1n) is 7.72. The molecule has 1 N–H and O–H groups in total. The number of nitrogens with one attached hydrogen (secondary N) is 1.